The predicted octanol–water partition coefficient (Wildman–Crippen LogP) is 4.48. The minimum atomic E-state index is -0.380. The summed E-state index contributed by atoms with van der Waals surface area (Å²) in [6.07, 6.45) is 0. The zero-order chi connectivity index (χ0) is 14.0. The number of anilines is 2. The maximum atomic E-state index is 12.1. The average molecular weight is 316 g/mol. The van der Waals surface area contributed by atoms with Crippen LogP contribution in [0.5, 0.6) is 0 Å². The van der Waals surface area contributed by atoms with Gasteiger partial charge in [0.25, 0.3) is 5.91 Å². The molecule has 0 saturated carbocycles. The maximum Gasteiger partial charge on any atom is 0.257 e. The molecule has 19 heavy (non-hydrogen) atoms. The number of rotatable bonds is 2. The van der Waals surface area contributed by atoms with Crippen molar-refractivity contribution in [2.45, 2.75) is 0 Å². The zero-order valence-electron chi connectivity index (χ0n) is 9.58. The summed E-state index contributed by atoms with van der Waals surface area (Å²) < 4.78 is 0. The average Bonchev–Trinajstić information content (AvgIpc) is 2.33. The molecule has 0 radical (unpaired) electrons. The molecule has 1 amide bonds. The van der Waals surface area contributed by atoms with Crippen molar-refractivity contribution in [3.05, 3.63) is 57.0 Å². The van der Waals surface area contributed by atoms with Gasteiger partial charge in [-0.2, -0.15) is 0 Å². The molecular weight excluding hydrogens is 307 g/mol. The van der Waals surface area contributed by atoms with Crippen LogP contribution in [0.1, 0.15) is 10.4 Å². The molecule has 0 spiro atoms. The Balaban J connectivity index is 2.28. The van der Waals surface area contributed by atoms with Crippen LogP contribution in [-0.2, 0) is 0 Å². The van der Waals surface area contributed by atoms with Gasteiger partial charge in [0.05, 0.1) is 21.3 Å². The number of benzene rings is 2. The van der Waals surface area contributed by atoms with Crippen LogP contribution in [0, 0.1) is 0 Å². The SMILES string of the molecule is Nc1ccc(C(=O)Nc2cc(Cl)ccc2Cl)c(Cl)c1. The van der Waals surface area contributed by atoms with Gasteiger partial charge < -0.3 is 11.1 Å². The number of nitrogens with one attached hydrogen (secondary N) is 1. The van der Waals surface area contributed by atoms with E-state index in [-0.39, 0.29) is 10.9 Å². The van der Waals surface area contributed by atoms with Gasteiger partial charge in [-0.1, -0.05) is 34.8 Å². The lowest BCUT2D eigenvalue weighted by Crippen LogP contribution is -2.13. The van der Waals surface area contributed by atoms with E-state index < -0.39 is 0 Å². The van der Waals surface area contributed by atoms with Gasteiger partial charge in [-0.15, -0.1) is 0 Å². The summed E-state index contributed by atoms with van der Waals surface area (Å²) >= 11 is 17.8. The largest absolute Gasteiger partial charge is 0.399 e. The molecule has 2 aromatic rings. The molecule has 0 saturated heterocycles. The number of carbonyl (C=O) groups is 1. The monoisotopic (exact) mass is 314 g/mol. The topological polar surface area (TPSA) is 55.1 Å². The zero-order valence-corrected chi connectivity index (χ0v) is 11.9. The van der Waals surface area contributed by atoms with Crippen LogP contribution in [0.3, 0.4) is 0 Å². The number of hydrogen-bond acceptors (Lipinski definition) is 2. The Labute approximate surface area is 125 Å². The molecule has 2 aromatic carbocycles. The van der Waals surface area contributed by atoms with E-state index in [1.165, 1.54) is 6.07 Å². The summed E-state index contributed by atoms with van der Waals surface area (Å²) in [7, 11) is 0. The Kier molecular flexibility index (Phi) is 4.20. The standard InChI is InChI=1S/C13H9Cl3N2O/c14-7-1-4-10(15)12(5-7)18-13(19)9-3-2-8(17)6-11(9)16/h1-6H,17H2,(H,18,19). The van der Waals surface area contributed by atoms with Crippen LogP contribution in [0.15, 0.2) is 36.4 Å². The van der Waals surface area contributed by atoms with E-state index in [1.807, 2.05) is 0 Å². The Morgan fingerprint density at radius 2 is 1.74 bits per heavy atom. The second kappa shape index (κ2) is 5.70. The molecule has 98 valence electrons. The molecule has 0 aliphatic heterocycles. The number of nitrogen functional groups attached to an aromatic ring is 1. The highest BCUT2D eigenvalue weighted by Crippen LogP contribution is 2.27. The van der Waals surface area contributed by atoms with Crippen molar-refractivity contribution in [2.24, 2.45) is 0 Å². The van der Waals surface area contributed by atoms with Gasteiger partial charge >= 0.3 is 0 Å². The maximum absolute atomic E-state index is 12.1. The molecule has 2 rings (SSSR count). The Bertz CT molecular complexity index is 644. The third kappa shape index (κ3) is 3.32. The first-order chi connectivity index (χ1) is 8.97. The van der Waals surface area contributed by atoms with Crippen LogP contribution in [0.2, 0.25) is 15.1 Å². The van der Waals surface area contributed by atoms with Crippen molar-refractivity contribution >= 4 is 52.1 Å². The van der Waals surface area contributed by atoms with Crippen LogP contribution in [-0.4, -0.2) is 5.91 Å². The number of carbonyl (C=O) groups excluding carboxylic acids is 1. The van der Waals surface area contributed by atoms with Crippen LogP contribution in [0.25, 0.3) is 0 Å². The molecule has 0 aliphatic rings. The van der Waals surface area contributed by atoms with E-state index in [9.17, 15) is 4.79 Å². The molecule has 0 unspecified atom stereocenters. The number of halogens is 3. The fraction of sp³-hybridized carbons (Fsp3) is 0. The minimum Gasteiger partial charge on any atom is -0.399 e. The molecule has 6 heteroatoms. The lowest BCUT2D eigenvalue weighted by molar-refractivity contribution is 0.102. The van der Waals surface area contributed by atoms with E-state index in [0.29, 0.717) is 27.0 Å². The van der Waals surface area contributed by atoms with Gasteiger partial charge in [-0.25, -0.2) is 0 Å². The fourth-order valence-electron chi connectivity index (χ4n) is 1.50. The quantitative estimate of drug-likeness (QED) is 0.803. The normalized spacial score (nSPS) is 10.3. The van der Waals surface area contributed by atoms with Crippen molar-refractivity contribution in [1.82, 2.24) is 0 Å². The lowest BCUT2D eigenvalue weighted by Gasteiger charge is -2.09. The summed E-state index contributed by atoms with van der Waals surface area (Å²) in [5.41, 5.74) is 6.79. The minimum absolute atomic E-state index is 0.274. The smallest absolute Gasteiger partial charge is 0.257 e. The molecule has 0 fully saturated rings. The van der Waals surface area contributed by atoms with Crippen molar-refractivity contribution in [3.63, 3.8) is 0 Å². The van der Waals surface area contributed by atoms with E-state index in [1.54, 1.807) is 30.3 Å². The number of nitrogens with two attached hydrogens (primary N) is 1. The van der Waals surface area contributed by atoms with Gasteiger partial charge in [-0.05, 0) is 36.4 Å². The van der Waals surface area contributed by atoms with Gasteiger partial charge in [-0.3, -0.25) is 4.79 Å². The number of hydrogen-bond donors (Lipinski definition) is 2. The second-order valence-electron chi connectivity index (χ2n) is 3.82. The fourth-order valence-corrected chi connectivity index (χ4v) is 2.11. The van der Waals surface area contributed by atoms with Crippen LogP contribution in [0.4, 0.5) is 11.4 Å². The summed E-state index contributed by atoms with van der Waals surface area (Å²) in [5, 5.41) is 3.79. The first kappa shape index (κ1) is 14.0. The van der Waals surface area contributed by atoms with E-state index in [0.717, 1.165) is 0 Å². The highest BCUT2D eigenvalue weighted by molar-refractivity contribution is 6.37. The Morgan fingerprint density at radius 1 is 1.00 bits per heavy atom. The molecule has 3 N–H and O–H groups in total. The van der Waals surface area contributed by atoms with Crippen molar-refractivity contribution in [3.8, 4) is 0 Å². The molecule has 0 bridgehead atoms. The Morgan fingerprint density at radius 3 is 2.42 bits per heavy atom. The summed E-state index contributed by atoms with van der Waals surface area (Å²) in [5.74, 6) is -0.380. The van der Waals surface area contributed by atoms with Crippen molar-refractivity contribution in [1.29, 1.82) is 0 Å². The van der Waals surface area contributed by atoms with Gasteiger partial charge in [0.1, 0.15) is 0 Å². The first-order valence-electron chi connectivity index (χ1n) is 5.29. The summed E-state index contributed by atoms with van der Waals surface area (Å²) in [6.45, 7) is 0. The van der Waals surface area contributed by atoms with Crippen molar-refractivity contribution < 1.29 is 4.79 Å². The highest BCUT2D eigenvalue weighted by Gasteiger charge is 2.12. The van der Waals surface area contributed by atoms with Crippen LogP contribution >= 0.6 is 34.8 Å². The molecule has 3 nitrogen and oxygen atoms in total. The summed E-state index contributed by atoms with van der Waals surface area (Å²) in [6, 6.07) is 9.45. The third-order valence-electron chi connectivity index (χ3n) is 2.41. The van der Waals surface area contributed by atoms with Crippen molar-refractivity contribution in [2.75, 3.05) is 11.1 Å². The van der Waals surface area contributed by atoms with Crippen LogP contribution < -0.4 is 11.1 Å². The Hall–Kier alpha value is -1.42. The van der Waals surface area contributed by atoms with Gasteiger partial charge in [0, 0.05) is 10.7 Å². The molecule has 0 atom stereocenters. The molecular formula is C13H9Cl3N2O. The first-order valence-corrected chi connectivity index (χ1v) is 6.42. The van der Waals surface area contributed by atoms with Gasteiger partial charge in [0.15, 0.2) is 0 Å². The molecule has 0 aliphatic carbocycles. The second-order valence-corrected chi connectivity index (χ2v) is 5.07. The summed E-state index contributed by atoms with van der Waals surface area (Å²) in [4.78, 5) is 12.1. The van der Waals surface area contributed by atoms with E-state index in [4.69, 9.17) is 40.5 Å². The molecule has 0 aromatic heterocycles. The number of amides is 1. The lowest BCUT2D eigenvalue weighted by atomic mass is 10.2. The van der Waals surface area contributed by atoms with E-state index >= 15 is 0 Å². The molecule has 0 heterocycles. The van der Waals surface area contributed by atoms with Gasteiger partial charge in [0.2, 0.25) is 0 Å². The third-order valence-corrected chi connectivity index (χ3v) is 3.29. The van der Waals surface area contributed by atoms with E-state index in [2.05, 4.69) is 5.32 Å². The predicted molar refractivity (Wildman–Crippen MR) is 80.3 cm³/mol. The highest BCUT2D eigenvalue weighted by atomic mass is 35.5.